The summed E-state index contributed by atoms with van der Waals surface area (Å²) >= 11 is 0. The minimum absolute atomic E-state index is 0.246. The highest BCUT2D eigenvalue weighted by molar-refractivity contribution is 5.98. The molecule has 6 heteroatoms. The van der Waals surface area contributed by atoms with E-state index >= 15 is 0 Å². The van der Waals surface area contributed by atoms with Gasteiger partial charge in [0, 0.05) is 18.3 Å². The number of fused-ring (bicyclic) bond motifs is 1. The summed E-state index contributed by atoms with van der Waals surface area (Å²) in [6.07, 6.45) is 1.62. The average Bonchev–Trinajstić information content (AvgIpc) is 3.15. The average molecular weight is 357 g/mol. The Morgan fingerprint density at radius 2 is 1.96 bits per heavy atom. The minimum atomic E-state index is -0.246. The molecule has 0 bridgehead atoms. The van der Waals surface area contributed by atoms with Crippen LogP contribution in [-0.2, 0) is 13.1 Å². The van der Waals surface area contributed by atoms with Gasteiger partial charge in [-0.1, -0.05) is 36.4 Å². The van der Waals surface area contributed by atoms with Crippen LogP contribution in [0.1, 0.15) is 21.9 Å². The maximum atomic E-state index is 12.7. The molecule has 0 aliphatic heterocycles. The number of carbonyl (C=O) groups excluding carboxylic acids is 1. The summed E-state index contributed by atoms with van der Waals surface area (Å²) in [7, 11) is 0. The molecule has 0 spiro atoms. The SMILES string of the molecule is NCc1cccc(-c2cccnc2C(=O)NCc2nc3ccccc3[nH]2)c1. The highest BCUT2D eigenvalue weighted by Gasteiger charge is 2.15. The zero-order chi connectivity index (χ0) is 18.6. The predicted molar refractivity (Wildman–Crippen MR) is 105 cm³/mol. The van der Waals surface area contributed by atoms with Gasteiger partial charge in [0.15, 0.2) is 0 Å². The van der Waals surface area contributed by atoms with Crippen LogP contribution in [0.2, 0.25) is 0 Å². The van der Waals surface area contributed by atoms with Crippen molar-refractivity contribution in [1.29, 1.82) is 0 Å². The monoisotopic (exact) mass is 357 g/mol. The Balaban J connectivity index is 1.56. The maximum absolute atomic E-state index is 12.7. The number of nitrogens with one attached hydrogen (secondary N) is 2. The molecule has 134 valence electrons. The summed E-state index contributed by atoms with van der Waals surface area (Å²) in [5.41, 5.74) is 10.6. The third kappa shape index (κ3) is 3.56. The number of hydrogen-bond acceptors (Lipinski definition) is 4. The second kappa shape index (κ2) is 7.39. The summed E-state index contributed by atoms with van der Waals surface area (Å²) < 4.78 is 0. The largest absolute Gasteiger partial charge is 0.343 e. The van der Waals surface area contributed by atoms with Gasteiger partial charge in [0.1, 0.15) is 11.5 Å². The Morgan fingerprint density at radius 3 is 2.81 bits per heavy atom. The summed E-state index contributed by atoms with van der Waals surface area (Å²) in [5.74, 6) is 0.455. The fourth-order valence-corrected chi connectivity index (χ4v) is 3.02. The van der Waals surface area contributed by atoms with Gasteiger partial charge in [-0.2, -0.15) is 0 Å². The van der Waals surface area contributed by atoms with E-state index in [0.717, 1.165) is 27.7 Å². The molecule has 2 aromatic carbocycles. The summed E-state index contributed by atoms with van der Waals surface area (Å²) in [6.45, 7) is 0.744. The van der Waals surface area contributed by atoms with Crippen LogP contribution in [0.3, 0.4) is 0 Å². The van der Waals surface area contributed by atoms with Gasteiger partial charge >= 0.3 is 0 Å². The number of rotatable bonds is 5. The first-order chi connectivity index (χ1) is 13.2. The fraction of sp³-hybridized carbons (Fsp3) is 0.0952. The maximum Gasteiger partial charge on any atom is 0.270 e. The van der Waals surface area contributed by atoms with Crippen molar-refractivity contribution >= 4 is 16.9 Å². The van der Waals surface area contributed by atoms with Crippen molar-refractivity contribution in [3.63, 3.8) is 0 Å². The quantitative estimate of drug-likeness (QED) is 0.511. The third-order valence-corrected chi connectivity index (χ3v) is 4.35. The Hall–Kier alpha value is -3.51. The molecule has 0 radical (unpaired) electrons. The summed E-state index contributed by atoms with van der Waals surface area (Å²) in [6, 6.07) is 19.3. The van der Waals surface area contributed by atoms with Crippen LogP contribution in [0.5, 0.6) is 0 Å². The molecule has 4 rings (SSSR count). The number of carbonyl (C=O) groups is 1. The second-order valence-electron chi connectivity index (χ2n) is 6.19. The standard InChI is InChI=1S/C21H19N5O/c22-12-14-5-3-6-15(11-14)16-7-4-10-23-20(16)21(27)24-13-19-25-17-8-1-2-9-18(17)26-19/h1-11H,12-13,22H2,(H,24,27)(H,25,26). The molecular formula is C21H19N5O. The van der Waals surface area contributed by atoms with E-state index in [0.29, 0.717) is 24.6 Å². The highest BCUT2D eigenvalue weighted by atomic mass is 16.1. The topological polar surface area (TPSA) is 96.7 Å². The van der Waals surface area contributed by atoms with Crippen molar-refractivity contribution in [2.45, 2.75) is 13.1 Å². The van der Waals surface area contributed by atoms with Crippen molar-refractivity contribution in [1.82, 2.24) is 20.3 Å². The zero-order valence-corrected chi connectivity index (χ0v) is 14.6. The number of H-pyrrole nitrogens is 1. The van der Waals surface area contributed by atoms with Crippen LogP contribution in [0, 0.1) is 0 Å². The number of imidazole rings is 1. The fourth-order valence-electron chi connectivity index (χ4n) is 3.02. The van der Waals surface area contributed by atoms with E-state index in [-0.39, 0.29) is 5.91 Å². The first kappa shape index (κ1) is 16.9. The van der Waals surface area contributed by atoms with Crippen LogP contribution in [0.4, 0.5) is 0 Å². The molecule has 0 aliphatic rings. The summed E-state index contributed by atoms with van der Waals surface area (Å²) in [4.78, 5) is 24.7. The lowest BCUT2D eigenvalue weighted by Crippen LogP contribution is -2.25. The molecule has 1 amide bonds. The number of nitrogens with zero attached hydrogens (tertiary/aromatic N) is 2. The number of hydrogen-bond donors (Lipinski definition) is 3. The molecule has 2 aromatic heterocycles. The Labute approximate surface area is 156 Å². The predicted octanol–water partition coefficient (Wildman–Crippen LogP) is 3.01. The third-order valence-electron chi connectivity index (χ3n) is 4.35. The van der Waals surface area contributed by atoms with E-state index in [2.05, 4.69) is 20.3 Å². The Bertz CT molecular complexity index is 1070. The Kier molecular flexibility index (Phi) is 4.63. The highest BCUT2D eigenvalue weighted by Crippen LogP contribution is 2.23. The van der Waals surface area contributed by atoms with Crippen LogP contribution < -0.4 is 11.1 Å². The van der Waals surface area contributed by atoms with Gasteiger partial charge in [0.2, 0.25) is 0 Å². The van der Waals surface area contributed by atoms with E-state index in [1.165, 1.54) is 0 Å². The molecule has 0 aliphatic carbocycles. The number of para-hydroxylation sites is 2. The molecule has 27 heavy (non-hydrogen) atoms. The number of pyridine rings is 1. The molecular weight excluding hydrogens is 338 g/mol. The van der Waals surface area contributed by atoms with Crippen molar-refractivity contribution in [2.24, 2.45) is 5.73 Å². The number of aromatic amines is 1. The van der Waals surface area contributed by atoms with Gasteiger partial charge in [0.25, 0.3) is 5.91 Å². The smallest absolute Gasteiger partial charge is 0.270 e. The molecule has 0 unspecified atom stereocenters. The number of benzene rings is 2. The molecule has 4 aromatic rings. The molecule has 4 N–H and O–H groups in total. The molecule has 6 nitrogen and oxygen atoms in total. The molecule has 2 heterocycles. The van der Waals surface area contributed by atoms with E-state index < -0.39 is 0 Å². The van der Waals surface area contributed by atoms with Crippen molar-refractivity contribution in [3.8, 4) is 11.1 Å². The van der Waals surface area contributed by atoms with Crippen molar-refractivity contribution in [3.05, 3.63) is 83.9 Å². The van der Waals surface area contributed by atoms with Crippen molar-refractivity contribution in [2.75, 3.05) is 0 Å². The van der Waals surface area contributed by atoms with Gasteiger partial charge in [0.05, 0.1) is 17.6 Å². The zero-order valence-electron chi connectivity index (χ0n) is 14.6. The molecule has 0 saturated heterocycles. The first-order valence-electron chi connectivity index (χ1n) is 8.71. The molecule has 0 atom stereocenters. The van der Waals surface area contributed by atoms with E-state index in [9.17, 15) is 4.79 Å². The second-order valence-corrected chi connectivity index (χ2v) is 6.19. The van der Waals surface area contributed by atoms with E-state index in [4.69, 9.17) is 5.73 Å². The number of nitrogens with two attached hydrogens (primary N) is 1. The van der Waals surface area contributed by atoms with E-state index in [1.807, 2.05) is 60.7 Å². The van der Waals surface area contributed by atoms with Gasteiger partial charge in [-0.3, -0.25) is 9.78 Å². The van der Waals surface area contributed by atoms with Crippen LogP contribution in [0.25, 0.3) is 22.2 Å². The number of amides is 1. The lowest BCUT2D eigenvalue weighted by atomic mass is 10.0. The lowest BCUT2D eigenvalue weighted by Gasteiger charge is -2.10. The number of aromatic nitrogens is 3. The van der Waals surface area contributed by atoms with Gasteiger partial charge < -0.3 is 16.0 Å². The van der Waals surface area contributed by atoms with Crippen LogP contribution in [-0.4, -0.2) is 20.9 Å². The normalized spacial score (nSPS) is 10.9. The van der Waals surface area contributed by atoms with E-state index in [1.54, 1.807) is 6.20 Å². The lowest BCUT2D eigenvalue weighted by molar-refractivity contribution is 0.0945. The van der Waals surface area contributed by atoms with Gasteiger partial charge in [-0.15, -0.1) is 0 Å². The van der Waals surface area contributed by atoms with Gasteiger partial charge in [-0.25, -0.2) is 4.98 Å². The molecule has 0 saturated carbocycles. The van der Waals surface area contributed by atoms with Crippen molar-refractivity contribution < 1.29 is 4.79 Å². The summed E-state index contributed by atoms with van der Waals surface area (Å²) in [5, 5.41) is 2.90. The van der Waals surface area contributed by atoms with Crippen LogP contribution in [0.15, 0.2) is 66.9 Å². The minimum Gasteiger partial charge on any atom is -0.343 e. The molecule has 0 fully saturated rings. The van der Waals surface area contributed by atoms with Crippen LogP contribution >= 0.6 is 0 Å². The first-order valence-corrected chi connectivity index (χ1v) is 8.71. The Morgan fingerprint density at radius 1 is 1.07 bits per heavy atom. The van der Waals surface area contributed by atoms with Gasteiger partial charge in [-0.05, 0) is 35.4 Å².